The van der Waals surface area contributed by atoms with Crippen molar-refractivity contribution in [1.29, 1.82) is 0 Å². The van der Waals surface area contributed by atoms with Gasteiger partial charge in [-0.05, 0) is 6.92 Å². The maximum absolute atomic E-state index is 11.0. The van der Waals surface area contributed by atoms with Crippen molar-refractivity contribution in [1.82, 2.24) is 10.7 Å². The molecule has 0 fully saturated rings. The molecule has 0 spiro atoms. The van der Waals surface area contributed by atoms with Crippen LogP contribution in [0.3, 0.4) is 0 Å². The lowest BCUT2D eigenvalue weighted by molar-refractivity contribution is -0.121. The number of allylic oxidation sites excluding steroid dienone is 1. The number of nitrogens with one attached hydrogen (secondary N) is 2. The molecule has 0 saturated carbocycles. The van der Waals surface area contributed by atoms with Crippen molar-refractivity contribution in [3.05, 3.63) is 11.1 Å². The summed E-state index contributed by atoms with van der Waals surface area (Å²) < 4.78 is -1.15. The first-order valence-corrected chi connectivity index (χ1v) is 4.11. The van der Waals surface area contributed by atoms with E-state index in [-0.39, 0.29) is 0 Å². The minimum absolute atomic E-state index is 0.447. The molecule has 1 amide bonds. The van der Waals surface area contributed by atoms with Crippen molar-refractivity contribution in [2.75, 3.05) is 0 Å². The molecular formula is C5H8ClN3OS. The van der Waals surface area contributed by atoms with Crippen LogP contribution >= 0.6 is 23.4 Å². The number of carbonyl (C=O) groups is 1. The van der Waals surface area contributed by atoms with Crippen molar-refractivity contribution in [3.63, 3.8) is 0 Å². The highest BCUT2D eigenvalue weighted by atomic mass is 35.5. The Morgan fingerprint density at radius 3 is 3.00 bits per heavy atom. The van der Waals surface area contributed by atoms with E-state index in [0.717, 1.165) is 4.91 Å². The zero-order valence-electron chi connectivity index (χ0n) is 5.85. The van der Waals surface area contributed by atoms with Crippen LogP contribution in [0.25, 0.3) is 0 Å². The zero-order chi connectivity index (χ0) is 8.48. The molecule has 0 radical (unpaired) electrons. The Morgan fingerprint density at radius 2 is 2.64 bits per heavy atom. The summed E-state index contributed by atoms with van der Waals surface area (Å²) >= 11 is 7.05. The Kier molecular flexibility index (Phi) is 2.31. The Labute approximate surface area is 73.5 Å². The fraction of sp³-hybridized carbons (Fsp3) is 0.400. The van der Waals surface area contributed by atoms with E-state index in [4.69, 9.17) is 17.4 Å². The van der Waals surface area contributed by atoms with Gasteiger partial charge in [-0.15, -0.1) is 0 Å². The second-order valence-corrected chi connectivity index (χ2v) is 4.32. The first-order valence-electron chi connectivity index (χ1n) is 2.92. The van der Waals surface area contributed by atoms with Crippen molar-refractivity contribution in [3.8, 4) is 0 Å². The smallest absolute Gasteiger partial charge is 0.286 e. The summed E-state index contributed by atoms with van der Waals surface area (Å²) in [5.74, 6) is 4.48. The van der Waals surface area contributed by atoms with E-state index in [1.807, 2.05) is 12.3 Å². The van der Waals surface area contributed by atoms with Gasteiger partial charge < -0.3 is 5.32 Å². The third-order valence-corrected chi connectivity index (χ3v) is 2.72. The Hall–Kier alpha value is -0.390. The van der Waals surface area contributed by atoms with Crippen LogP contribution in [0.15, 0.2) is 11.1 Å². The van der Waals surface area contributed by atoms with Crippen LogP contribution in [-0.4, -0.2) is 10.2 Å². The summed E-state index contributed by atoms with van der Waals surface area (Å²) in [6.07, 6.45) is 1.67. The van der Waals surface area contributed by atoms with Gasteiger partial charge in [0.1, 0.15) is 0 Å². The summed E-state index contributed by atoms with van der Waals surface area (Å²) in [6, 6.07) is 0. The van der Waals surface area contributed by atoms with Crippen molar-refractivity contribution < 1.29 is 4.79 Å². The third kappa shape index (κ3) is 1.61. The molecule has 11 heavy (non-hydrogen) atoms. The SMILES string of the molecule is CC1=CNC(Cl)(C(=O)NN)S1. The van der Waals surface area contributed by atoms with Crippen LogP contribution in [0.1, 0.15) is 6.92 Å². The first-order chi connectivity index (χ1) is 5.08. The molecule has 6 heteroatoms. The predicted molar refractivity (Wildman–Crippen MR) is 45.4 cm³/mol. The Balaban J connectivity index is 2.66. The molecule has 4 N–H and O–H groups in total. The number of nitrogens with two attached hydrogens (primary N) is 1. The number of hydrazine groups is 1. The quantitative estimate of drug-likeness (QED) is 0.181. The highest BCUT2D eigenvalue weighted by Crippen LogP contribution is 2.37. The third-order valence-electron chi connectivity index (χ3n) is 1.19. The second kappa shape index (κ2) is 2.92. The second-order valence-electron chi connectivity index (χ2n) is 2.07. The van der Waals surface area contributed by atoms with Gasteiger partial charge in [-0.1, -0.05) is 23.4 Å². The summed E-state index contributed by atoms with van der Waals surface area (Å²) in [4.78, 5) is 11.9. The Morgan fingerprint density at radius 1 is 2.00 bits per heavy atom. The number of hydrogen-bond donors (Lipinski definition) is 3. The molecule has 0 aliphatic carbocycles. The van der Waals surface area contributed by atoms with Gasteiger partial charge in [0.2, 0.25) is 4.33 Å². The molecule has 0 aromatic heterocycles. The van der Waals surface area contributed by atoms with Crippen molar-refractivity contribution >= 4 is 29.3 Å². The maximum Gasteiger partial charge on any atom is 0.286 e. The van der Waals surface area contributed by atoms with Gasteiger partial charge in [0.25, 0.3) is 5.91 Å². The molecule has 0 bridgehead atoms. The average Bonchev–Trinajstić information content (AvgIpc) is 2.31. The van der Waals surface area contributed by atoms with Crippen LogP contribution in [0.4, 0.5) is 0 Å². The fourth-order valence-corrected chi connectivity index (χ4v) is 1.99. The number of thioether (sulfide) groups is 1. The van der Waals surface area contributed by atoms with E-state index in [1.165, 1.54) is 11.8 Å². The Bertz CT molecular complexity index is 220. The molecule has 1 rings (SSSR count). The molecule has 62 valence electrons. The van der Waals surface area contributed by atoms with Gasteiger partial charge in [0.05, 0.1) is 0 Å². The molecule has 0 saturated heterocycles. The largest absolute Gasteiger partial charge is 0.356 e. The molecule has 0 aromatic rings. The van der Waals surface area contributed by atoms with Crippen LogP contribution < -0.4 is 16.6 Å². The number of rotatable bonds is 1. The number of halogens is 1. The molecule has 1 aliphatic heterocycles. The monoisotopic (exact) mass is 193 g/mol. The minimum Gasteiger partial charge on any atom is -0.356 e. The molecule has 4 nitrogen and oxygen atoms in total. The van der Waals surface area contributed by atoms with Gasteiger partial charge in [-0.3, -0.25) is 10.2 Å². The van der Waals surface area contributed by atoms with Gasteiger partial charge in [-0.25, -0.2) is 5.84 Å². The minimum atomic E-state index is -1.15. The molecule has 0 aromatic carbocycles. The van der Waals surface area contributed by atoms with E-state index < -0.39 is 10.2 Å². The summed E-state index contributed by atoms with van der Waals surface area (Å²) in [5, 5.41) is 2.71. The topological polar surface area (TPSA) is 67.2 Å². The lowest BCUT2D eigenvalue weighted by atomic mass is 10.6. The lowest BCUT2D eigenvalue weighted by Crippen LogP contribution is -2.49. The number of alkyl halides is 1. The normalized spacial score (nSPS) is 29.2. The van der Waals surface area contributed by atoms with Crippen LogP contribution in [0.2, 0.25) is 0 Å². The van der Waals surface area contributed by atoms with E-state index in [9.17, 15) is 4.79 Å². The predicted octanol–water partition coefficient (Wildman–Crippen LogP) is 0.0666. The number of carbonyl (C=O) groups excluding carboxylic acids is 1. The van der Waals surface area contributed by atoms with Gasteiger partial charge in [0, 0.05) is 11.1 Å². The van der Waals surface area contributed by atoms with Crippen molar-refractivity contribution in [2.24, 2.45) is 5.84 Å². The highest BCUT2D eigenvalue weighted by Gasteiger charge is 2.39. The zero-order valence-corrected chi connectivity index (χ0v) is 7.42. The van der Waals surface area contributed by atoms with E-state index in [1.54, 1.807) is 6.20 Å². The average molecular weight is 194 g/mol. The summed E-state index contributed by atoms with van der Waals surface area (Å²) in [7, 11) is 0. The van der Waals surface area contributed by atoms with E-state index in [0.29, 0.717) is 0 Å². The standard InChI is InChI=1S/C5H8ClN3OS/c1-3-2-8-5(6,11-3)4(10)9-7/h2,8H,7H2,1H3,(H,9,10). The molecule has 1 aliphatic rings. The van der Waals surface area contributed by atoms with Crippen LogP contribution in [0, 0.1) is 0 Å². The van der Waals surface area contributed by atoms with Gasteiger partial charge in [-0.2, -0.15) is 0 Å². The fourth-order valence-electron chi connectivity index (χ4n) is 0.680. The highest BCUT2D eigenvalue weighted by molar-refractivity contribution is 8.06. The molecular weight excluding hydrogens is 186 g/mol. The van der Waals surface area contributed by atoms with Crippen molar-refractivity contribution in [2.45, 2.75) is 11.3 Å². The van der Waals surface area contributed by atoms with E-state index in [2.05, 4.69) is 5.32 Å². The van der Waals surface area contributed by atoms with Gasteiger partial charge in [0.15, 0.2) is 0 Å². The first kappa shape index (κ1) is 8.70. The lowest BCUT2D eigenvalue weighted by Gasteiger charge is -2.18. The van der Waals surface area contributed by atoms with Crippen LogP contribution in [0.5, 0.6) is 0 Å². The summed E-state index contributed by atoms with van der Waals surface area (Å²) in [5.41, 5.74) is 1.98. The van der Waals surface area contributed by atoms with E-state index >= 15 is 0 Å². The summed E-state index contributed by atoms with van der Waals surface area (Å²) in [6.45, 7) is 1.85. The number of amides is 1. The number of hydrogen-bond acceptors (Lipinski definition) is 4. The maximum atomic E-state index is 11.0. The molecule has 1 atom stereocenters. The van der Waals surface area contributed by atoms with Gasteiger partial charge >= 0.3 is 0 Å². The molecule has 1 unspecified atom stereocenters. The van der Waals surface area contributed by atoms with Crippen LogP contribution in [-0.2, 0) is 4.79 Å². The molecule has 1 heterocycles.